The molecule has 0 aliphatic heterocycles. The van der Waals surface area contributed by atoms with Crippen molar-refractivity contribution in [3.63, 3.8) is 0 Å². The van der Waals surface area contributed by atoms with Gasteiger partial charge in [-0.2, -0.15) is 0 Å². The first-order valence-electron chi connectivity index (χ1n) is 6.28. The summed E-state index contributed by atoms with van der Waals surface area (Å²) in [7, 11) is 0. The second kappa shape index (κ2) is 6.96. The van der Waals surface area contributed by atoms with Gasteiger partial charge in [0.25, 0.3) is 5.91 Å². The Morgan fingerprint density at radius 1 is 1.50 bits per heavy atom. The smallest absolute Gasteiger partial charge is 0.257 e. The van der Waals surface area contributed by atoms with Crippen LogP contribution in [0.25, 0.3) is 0 Å². The molecule has 0 spiro atoms. The molecule has 0 unspecified atom stereocenters. The van der Waals surface area contributed by atoms with Crippen molar-refractivity contribution >= 4 is 17.5 Å². The summed E-state index contributed by atoms with van der Waals surface area (Å²) in [6.07, 6.45) is 4.05. The Hall–Kier alpha value is -2.01. The van der Waals surface area contributed by atoms with Gasteiger partial charge in [0.2, 0.25) is 0 Å². The Bertz CT molecular complexity index is 570. The van der Waals surface area contributed by atoms with Gasteiger partial charge in [0, 0.05) is 24.9 Å². The first kappa shape index (κ1) is 14.4. The van der Waals surface area contributed by atoms with Gasteiger partial charge in [-0.3, -0.25) is 4.79 Å². The number of halogens is 1. The molecule has 0 atom stereocenters. The molecule has 20 heavy (non-hydrogen) atoms. The van der Waals surface area contributed by atoms with Gasteiger partial charge in [-0.15, -0.1) is 0 Å². The van der Waals surface area contributed by atoms with Crippen LogP contribution < -0.4 is 10.1 Å². The number of hydrogen-bond acceptors (Lipinski definition) is 3. The lowest BCUT2D eigenvalue weighted by atomic mass is 10.2. The monoisotopic (exact) mass is 293 g/mol. The lowest BCUT2D eigenvalue weighted by Gasteiger charge is -2.09. The molecular formula is C14H16ClN3O2. The molecule has 0 saturated carbocycles. The number of nitrogens with zero attached hydrogens (tertiary/aromatic N) is 1. The molecule has 0 aliphatic carbocycles. The molecule has 5 nitrogen and oxygen atoms in total. The lowest BCUT2D eigenvalue weighted by molar-refractivity contribution is -0.123. The van der Waals surface area contributed by atoms with Crippen LogP contribution in [0.5, 0.6) is 5.75 Å². The number of carbonyl (C=O) groups is 1. The van der Waals surface area contributed by atoms with E-state index in [4.69, 9.17) is 16.3 Å². The summed E-state index contributed by atoms with van der Waals surface area (Å²) in [6.45, 7) is 2.42. The zero-order chi connectivity index (χ0) is 14.4. The van der Waals surface area contributed by atoms with Crippen molar-refractivity contribution in [2.75, 3.05) is 13.2 Å². The summed E-state index contributed by atoms with van der Waals surface area (Å²) in [5, 5.41) is 3.27. The topological polar surface area (TPSA) is 67.0 Å². The van der Waals surface area contributed by atoms with Crippen molar-refractivity contribution in [2.45, 2.75) is 13.3 Å². The number of H-pyrrole nitrogens is 1. The molecule has 2 N–H and O–H groups in total. The number of hydrogen-bond donors (Lipinski definition) is 2. The summed E-state index contributed by atoms with van der Waals surface area (Å²) in [5.41, 5.74) is 2.01. The van der Waals surface area contributed by atoms with Gasteiger partial charge in [-0.25, -0.2) is 4.98 Å². The number of amides is 1. The summed E-state index contributed by atoms with van der Waals surface area (Å²) >= 11 is 5.98. The van der Waals surface area contributed by atoms with Crippen LogP contribution in [-0.4, -0.2) is 29.0 Å². The highest BCUT2D eigenvalue weighted by molar-refractivity contribution is 6.32. The van der Waals surface area contributed by atoms with Gasteiger partial charge in [0.05, 0.1) is 11.3 Å². The highest BCUT2D eigenvalue weighted by atomic mass is 35.5. The van der Waals surface area contributed by atoms with Crippen LogP contribution in [0.3, 0.4) is 0 Å². The first-order chi connectivity index (χ1) is 9.65. The maximum absolute atomic E-state index is 11.6. The molecule has 0 aliphatic rings. The highest BCUT2D eigenvalue weighted by Gasteiger charge is 2.06. The number of carbonyl (C=O) groups excluding carboxylic acids is 1. The van der Waals surface area contributed by atoms with E-state index in [0.29, 0.717) is 23.7 Å². The molecule has 1 aromatic carbocycles. The van der Waals surface area contributed by atoms with Gasteiger partial charge in [-0.05, 0) is 24.6 Å². The van der Waals surface area contributed by atoms with E-state index >= 15 is 0 Å². The quantitative estimate of drug-likeness (QED) is 0.857. The number of aromatic nitrogens is 2. The molecule has 0 saturated heterocycles. The molecule has 2 rings (SSSR count). The molecule has 6 heteroatoms. The fourth-order valence-electron chi connectivity index (χ4n) is 1.67. The third-order valence-electron chi connectivity index (χ3n) is 2.72. The van der Waals surface area contributed by atoms with E-state index in [-0.39, 0.29) is 12.5 Å². The van der Waals surface area contributed by atoms with E-state index < -0.39 is 0 Å². The van der Waals surface area contributed by atoms with Crippen molar-refractivity contribution < 1.29 is 9.53 Å². The van der Waals surface area contributed by atoms with Crippen molar-refractivity contribution in [1.29, 1.82) is 0 Å². The molecule has 0 bridgehead atoms. The summed E-state index contributed by atoms with van der Waals surface area (Å²) in [6, 6.07) is 5.45. The summed E-state index contributed by atoms with van der Waals surface area (Å²) in [5.74, 6) is 0.345. The lowest BCUT2D eigenvalue weighted by Crippen LogP contribution is -2.30. The number of imidazole rings is 1. The normalized spacial score (nSPS) is 10.3. The number of ether oxygens (including phenoxy) is 1. The Balaban J connectivity index is 1.73. The fourth-order valence-corrected chi connectivity index (χ4v) is 1.85. The van der Waals surface area contributed by atoms with E-state index in [9.17, 15) is 4.79 Å². The molecule has 0 radical (unpaired) electrons. The zero-order valence-corrected chi connectivity index (χ0v) is 11.9. The van der Waals surface area contributed by atoms with Crippen LogP contribution in [0.4, 0.5) is 0 Å². The SMILES string of the molecule is Cc1ccc(Cl)c(OCC(=O)NCCc2cnc[nH]2)c1. The number of aromatic amines is 1. The predicted molar refractivity (Wildman–Crippen MR) is 77.0 cm³/mol. The average Bonchev–Trinajstić information content (AvgIpc) is 2.93. The minimum Gasteiger partial charge on any atom is -0.482 e. The van der Waals surface area contributed by atoms with Gasteiger partial charge < -0.3 is 15.0 Å². The maximum atomic E-state index is 11.6. The van der Waals surface area contributed by atoms with Gasteiger partial charge >= 0.3 is 0 Å². The number of aryl methyl sites for hydroxylation is 1. The van der Waals surface area contributed by atoms with Crippen LogP contribution in [0.1, 0.15) is 11.3 Å². The second-order valence-corrected chi connectivity index (χ2v) is 4.81. The Kier molecular flexibility index (Phi) is 5.01. The Morgan fingerprint density at radius 3 is 3.10 bits per heavy atom. The van der Waals surface area contributed by atoms with Crippen molar-refractivity contribution in [1.82, 2.24) is 15.3 Å². The first-order valence-corrected chi connectivity index (χ1v) is 6.66. The average molecular weight is 294 g/mol. The molecule has 1 heterocycles. The van der Waals surface area contributed by atoms with E-state index in [2.05, 4.69) is 15.3 Å². The molecular weight excluding hydrogens is 278 g/mol. The predicted octanol–water partition coefficient (Wildman–Crippen LogP) is 2.11. The molecule has 2 aromatic rings. The third kappa shape index (κ3) is 4.28. The van der Waals surface area contributed by atoms with E-state index in [1.165, 1.54) is 0 Å². The molecule has 1 aromatic heterocycles. The molecule has 106 valence electrons. The highest BCUT2D eigenvalue weighted by Crippen LogP contribution is 2.24. The van der Waals surface area contributed by atoms with Gasteiger partial charge in [-0.1, -0.05) is 17.7 Å². The van der Waals surface area contributed by atoms with Crippen LogP contribution in [0.2, 0.25) is 5.02 Å². The Labute approximate surface area is 122 Å². The van der Waals surface area contributed by atoms with Crippen LogP contribution in [0.15, 0.2) is 30.7 Å². The van der Waals surface area contributed by atoms with Gasteiger partial charge in [0.1, 0.15) is 5.75 Å². The number of rotatable bonds is 6. The molecule has 1 amide bonds. The van der Waals surface area contributed by atoms with Crippen molar-refractivity contribution in [3.8, 4) is 5.75 Å². The standard InChI is InChI=1S/C14H16ClN3O2/c1-10-2-3-12(15)13(6-10)20-8-14(19)17-5-4-11-7-16-9-18-11/h2-3,6-7,9H,4-5,8H2,1H3,(H,16,18)(H,17,19). The van der Waals surface area contributed by atoms with Crippen LogP contribution in [0, 0.1) is 6.92 Å². The van der Waals surface area contributed by atoms with Gasteiger partial charge in [0.15, 0.2) is 6.61 Å². The van der Waals surface area contributed by atoms with Crippen molar-refractivity contribution in [3.05, 3.63) is 47.0 Å². The number of nitrogens with one attached hydrogen (secondary N) is 2. The van der Waals surface area contributed by atoms with Crippen molar-refractivity contribution in [2.24, 2.45) is 0 Å². The largest absolute Gasteiger partial charge is 0.482 e. The van der Waals surface area contributed by atoms with E-state index in [1.54, 1.807) is 24.7 Å². The zero-order valence-electron chi connectivity index (χ0n) is 11.1. The maximum Gasteiger partial charge on any atom is 0.257 e. The van der Waals surface area contributed by atoms with E-state index in [1.807, 2.05) is 13.0 Å². The van der Waals surface area contributed by atoms with E-state index in [0.717, 1.165) is 11.3 Å². The number of benzene rings is 1. The third-order valence-corrected chi connectivity index (χ3v) is 3.03. The van der Waals surface area contributed by atoms with Crippen LogP contribution >= 0.6 is 11.6 Å². The summed E-state index contributed by atoms with van der Waals surface area (Å²) in [4.78, 5) is 18.5. The minimum absolute atomic E-state index is 0.0495. The fraction of sp³-hybridized carbons (Fsp3) is 0.286. The second-order valence-electron chi connectivity index (χ2n) is 4.40. The Morgan fingerprint density at radius 2 is 2.35 bits per heavy atom. The minimum atomic E-state index is -0.179. The molecule has 0 fully saturated rings. The van der Waals surface area contributed by atoms with Crippen LogP contribution in [-0.2, 0) is 11.2 Å². The summed E-state index contributed by atoms with van der Waals surface area (Å²) < 4.78 is 5.40.